The average molecular weight is 178 g/mol. The van der Waals surface area contributed by atoms with Gasteiger partial charge in [0.05, 0.1) is 5.92 Å². The fourth-order valence-corrected chi connectivity index (χ4v) is 2.06. The minimum atomic E-state index is -3.92. The van der Waals surface area contributed by atoms with Gasteiger partial charge in [-0.3, -0.25) is 0 Å². The van der Waals surface area contributed by atoms with E-state index in [0.29, 0.717) is 12.3 Å². The highest BCUT2D eigenvalue weighted by atomic mass is 19.4. The molecule has 0 radical (unpaired) electrons. The summed E-state index contributed by atoms with van der Waals surface area (Å²) < 4.78 is 36.7. The third kappa shape index (κ3) is 1.59. The minimum Gasteiger partial charge on any atom is -0.171 e. The Morgan fingerprint density at radius 2 is 1.67 bits per heavy atom. The van der Waals surface area contributed by atoms with E-state index in [4.69, 9.17) is 0 Å². The summed E-state index contributed by atoms with van der Waals surface area (Å²) in [6.45, 7) is 0. The van der Waals surface area contributed by atoms with E-state index < -0.39 is 12.1 Å². The van der Waals surface area contributed by atoms with Crippen LogP contribution in [-0.4, -0.2) is 6.18 Å². The second kappa shape index (κ2) is 2.64. The molecule has 0 N–H and O–H groups in total. The highest BCUT2D eigenvalue weighted by molar-refractivity contribution is 4.89. The van der Waals surface area contributed by atoms with E-state index in [2.05, 4.69) is 0 Å². The van der Waals surface area contributed by atoms with Crippen molar-refractivity contribution in [1.82, 2.24) is 0 Å². The van der Waals surface area contributed by atoms with E-state index >= 15 is 0 Å². The summed E-state index contributed by atoms with van der Waals surface area (Å²) >= 11 is 0. The van der Waals surface area contributed by atoms with E-state index in [1.807, 2.05) is 0 Å². The minimum absolute atomic E-state index is 0.0301. The van der Waals surface area contributed by atoms with Crippen LogP contribution in [0.25, 0.3) is 0 Å². The third-order valence-corrected chi connectivity index (χ3v) is 3.17. The first kappa shape index (κ1) is 8.39. The van der Waals surface area contributed by atoms with Crippen LogP contribution in [0.5, 0.6) is 0 Å². The Balaban J connectivity index is 1.83. The molecule has 2 aliphatic rings. The average Bonchev–Trinajstić information content (AvgIpc) is 2.57. The van der Waals surface area contributed by atoms with Gasteiger partial charge in [-0.15, -0.1) is 0 Å². The molecule has 2 aliphatic carbocycles. The molecule has 0 aliphatic heterocycles. The molecule has 0 aromatic rings. The third-order valence-electron chi connectivity index (χ3n) is 3.17. The molecule has 3 heteroatoms. The predicted molar refractivity (Wildman–Crippen MR) is 39.6 cm³/mol. The molecular weight excluding hydrogens is 165 g/mol. The molecule has 12 heavy (non-hydrogen) atoms. The zero-order chi connectivity index (χ0) is 8.77. The van der Waals surface area contributed by atoms with Crippen LogP contribution < -0.4 is 0 Å². The van der Waals surface area contributed by atoms with Crippen molar-refractivity contribution in [2.75, 3.05) is 0 Å². The SMILES string of the molecule is FC(F)(F)C1CCC1CC1CC1. The van der Waals surface area contributed by atoms with Crippen LogP contribution in [0.2, 0.25) is 0 Å². The molecule has 2 atom stereocenters. The Morgan fingerprint density at radius 3 is 2.00 bits per heavy atom. The van der Waals surface area contributed by atoms with E-state index in [9.17, 15) is 13.2 Å². The monoisotopic (exact) mass is 178 g/mol. The van der Waals surface area contributed by atoms with Crippen LogP contribution in [0.15, 0.2) is 0 Å². The zero-order valence-corrected chi connectivity index (χ0v) is 6.90. The fourth-order valence-electron chi connectivity index (χ4n) is 2.06. The van der Waals surface area contributed by atoms with Gasteiger partial charge in [0.2, 0.25) is 0 Å². The van der Waals surface area contributed by atoms with E-state index in [-0.39, 0.29) is 5.92 Å². The molecule has 0 nitrogen and oxygen atoms in total. The largest absolute Gasteiger partial charge is 0.392 e. The Hall–Kier alpha value is -0.210. The second-order valence-corrected chi connectivity index (χ2v) is 4.16. The molecule has 2 rings (SSSR count). The maximum atomic E-state index is 12.2. The Bertz CT molecular complexity index is 169. The second-order valence-electron chi connectivity index (χ2n) is 4.16. The molecule has 0 heterocycles. The van der Waals surface area contributed by atoms with Crippen molar-refractivity contribution in [2.45, 2.75) is 38.3 Å². The Morgan fingerprint density at radius 1 is 1.00 bits per heavy atom. The van der Waals surface area contributed by atoms with Gasteiger partial charge >= 0.3 is 6.18 Å². The van der Waals surface area contributed by atoms with Gasteiger partial charge in [-0.1, -0.05) is 12.8 Å². The first-order valence-electron chi connectivity index (χ1n) is 4.64. The van der Waals surface area contributed by atoms with Gasteiger partial charge < -0.3 is 0 Å². The molecular formula is C9H13F3. The van der Waals surface area contributed by atoms with Gasteiger partial charge in [0.25, 0.3) is 0 Å². The molecule has 0 aromatic carbocycles. The Kier molecular flexibility index (Phi) is 1.85. The zero-order valence-electron chi connectivity index (χ0n) is 6.90. The quantitative estimate of drug-likeness (QED) is 0.608. The predicted octanol–water partition coefficient (Wildman–Crippen LogP) is 3.38. The van der Waals surface area contributed by atoms with Crippen LogP contribution in [0.4, 0.5) is 13.2 Å². The van der Waals surface area contributed by atoms with Gasteiger partial charge in [-0.05, 0) is 31.1 Å². The normalized spacial score (nSPS) is 36.2. The number of alkyl halides is 3. The van der Waals surface area contributed by atoms with Crippen LogP contribution >= 0.6 is 0 Å². The molecule has 0 bridgehead atoms. The number of hydrogen-bond acceptors (Lipinski definition) is 0. The highest BCUT2D eigenvalue weighted by Crippen LogP contribution is 2.51. The molecule has 2 fully saturated rings. The highest BCUT2D eigenvalue weighted by Gasteiger charge is 2.50. The first-order chi connectivity index (χ1) is 5.57. The van der Waals surface area contributed by atoms with Crippen molar-refractivity contribution in [1.29, 1.82) is 0 Å². The molecule has 2 saturated carbocycles. The number of hydrogen-bond donors (Lipinski definition) is 0. The van der Waals surface area contributed by atoms with Crippen LogP contribution in [0.1, 0.15) is 32.1 Å². The van der Waals surface area contributed by atoms with Gasteiger partial charge in [-0.25, -0.2) is 0 Å². The standard InChI is InChI=1S/C9H13F3/c10-9(11,12)8-4-3-7(8)5-6-1-2-6/h6-8H,1-5H2. The topological polar surface area (TPSA) is 0 Å². The fraction of sp³-hybridized carbons (Fsp3) is 1.00. The summed E-state index contributed by atoms with van der Waals surface area (Å²) in [7, 11) is 0. The smallest absolute Gasteiger partial charge is 0.171 e. The van der Waals surface area contributed by atoms with Gasteiger partial charge in [0, 0.05) is 0 Å². The van der Waals surface area contributed by atoms with Crippen molar-refractivity contribution < 1.29 is 13.2 Å². The number of rotatable bonds is 2. The van der Waals surface area contributed by atoms with E-state index in [1.165, 1.54) is 12.8 Å². The lowest BCUT2D eigenvalue weighted by atomic mass is 9.70. The summed E-state index contributed by atoms with van der Waals surface area (Å²) in [5.74, 6) is -0.351. The van der Waals surface area contributed by atoms with Crippen LogP contribution in [0.3, 0.4) is 0 Å². The lowest BCUT2D eigenvalue weighted by Gasteiger charge is -2.38. The van der Waals surface area contributed by atoms with E-state index in [0.717, 1.165) is 12.8 Å². The molecule has 0 aromatic heterocycles. The first-order valence-corrected chi connectivity index (χ1v) is 4.64. The Labute approximate surface area is 70.1 Å². The summed E-state index contributed by atoms with van der Waals surface area (Å²) in [6.07, 6.45) is 0.436. The van der Waals surface area contributed by atoms with Crippen molar-refractivity contribution in [2.24, 2.45) is 17.8 Å². The number of halogens is 3. The molecule has 0 saturated heterocycles. The maximum absolute atomic E-state index is 12.2. The lowest BCUT2D eigenvalue weighted by molar-refractivity contribution is -0.214. The van der Waals surface area contributed by atoms with Gasteiger partial charge in [0.15, 0.2) is 0 Å². The molecule has 2 unspecified atom stereocenters. The van der Waals surface area contributed by atoms with Crippen molar-refractivity contribution in [3.05, 3.63) is 0 Å². The van der Waals surface area contributed by atoms with Crippen molar-refractivity contribution in [3.8, 4) is 0 Å². The van der Waals surface area contributed by atoms with E-state index in [1.54, 1.807) is 0 Å². The maximum Gasteiger partial charge on any atom is 0.392 e. The molecule has 70 valence electrons. The summed E-state index contributed by atoms with van der Waals surface area (Å²) in [5, 5.41) is 0. The lowest BCUT2D eigenvalue weighted by Crippen LogP contribution is -2.38. The summed E-state index contributed by atoms with van der Waals surface area (Å²) in [6, 6.07) is 0. The molecule has 0 spiro atoms. The van der Waals surface area contributed by atoms with Crippen molar-refractivity contribution >= 4 is 0 Å². The van der Waals surface area contributed by atoms with Crippen molar-refractivity contribution in [3.63, 3.8) is 0 Å². The summed E-state index contributed by atoms with van der Waals surface area (Å²) in [4.78, 5) is 0. The summed E-state index contributed by atoms with van der Waals surface area (Å²) in [5.41, 5.74) is 0. The van der Waals surface area contributed by atoms with Gasteiger partial charge in [0.1, 0.15) is 0 Å². The van der Waals surface area contributed by atoms with Gasteiger partial charge in [-0.2, -0.15) is 13.2 Å². The molecule has 0 amide bonds. The van der Waals surface area contributed by atoms with Crippen LogP contribution in [-0.2, 0) is 0 Å². The van der Waals surface area contributed by atoms with Crippen LogP contribution in [0, 0.1) is 17.8 Å².